The molecule has 2 amide bonds. The van der Waals surface area contributed by atoms with Crippen LogP contribution in [0.4, 0.5) is 4.79 Å². The van der Waals surface area contributed by atoms with E-state index in [0.29, 0.717) is 0 Å². The van der Waals surface area contributed by atoms with E-state index in [1.165, 1.54) is 0 Å². The normalized spacial score (nSPS) is 14.7. The first-order valence-corrected chi connectivity index (χ1v) is 7.77. The third-order valence-electron chi connectivity index (χ3n) is 2.45. The molecule has 0 saturated carbocycles. The van der Waals surface area contributed by atoms with Crippen LogP contribution in [0, 0.1) is 18.3 Å². The van der Waals surface area contributed by atoms with E-state index in [9.17, 15) is 13.2 Å². The highest BCUT2D eigenvalue weighted by molar-refractivity contribution is 7.91. The van der Waals surface area contributed by atoms with Crippen LogP contribution in [0.1, 0.15) is 27.7 Å². The minimum Gasteiger partial charge on any atom is -0.335 e. The Balaban J connectivity index is 4.29. The molecule has 2 atom stereocenters. The van der Waals surface area contributed by atoms with Gasteiger partial charge in [0.2, 0.25) is 0 Å². The topological polar surface area (TPSA) is 75.3 Å². The summed E-state index contributed by atoms with van der Waals surface area (Å²) in [5, 5.41) is 5.19. The third-order valence-corrected chi connectivity index (χ3v) is 4.34. The lowest BCUT2D eigenvalue weighted by atomic mass is 10.1. The van der Waals surface area contributed by atoms with Crippen LogP contribution in [0.25, 0.3) is 0 Å². The molecule has 0 heterocycles. The summed E-state index contributed by atoms with van der Waals surface area (Å²) in [5.74, 6) is 2.59. The molecule has 0 fully saturated rings. The van der Waals surface area contributed by atoms with Gasteiger partial charge in [0, 0.05) is 11.8 Å². The Hall–Kier alpha value is -1.22. The number of urea groups is 1. The standard InChI is InChI=1S/C12H22N2O3S/c1-6-11(9(3)4)14-12(15)13-10(5)8-18(16,17)7-2/h1,9-11H,7-8H2,2-5H3,(H2,13,14,15). The summed E-state index contributed by atoms with van der Waals surface area (Å²) in [6.07, 6.45) is 5.29. The summed E-state index contributed by atoms with van der Waals surface area (Å²) in [5.41, 5.74) is 0. The van der Waals surface area contributed by atoms with E-state index in [1.54, 1.807) is 13.8 Å². The van der Waals surface area contributed by atoms with Crippen molar-refractivity contribution in [3.8, 4) is 12.3 Å². The number of hydrogen-bond donors (Lipinski definition) is 2. The molecule has 0 aliphatic rings. The molecular formula is C12H22N2O3S. The molecule has 0 aromatic heterocycles. The smallest absolute Gasteiger partial charge is 0.316 e. The molecule has 2 unspecified atom stereocenters. The van der Waals surface area contributed by atoms with Crippen molar-refractivity contribution in [2.24, 2.45) is 5.92 Å². The van der Waals surface area contributed by atoms with E-state index in [0.717, 1.165) is 0 Å². The predicted octanol–water partition coefficient (Wildman–Crippen LogP) is 0.767. The van der Waals surface area contributed by atoms with Crippen molar-refractivity contribution in [3.63, 3.8) is 0 Å². The van der Waals surface area contributed by atoms with Crippen LogP contribution in [-0.4, -0.2) is 38.0 Å². The highest BCUT2D eigenvalue weighted by Gasteiger charge is 2.18. The summed E-state index contributed by atoms with van der Waals surface area (Å²) in [7, 11) is -3.10. The van der Waals surface area contributed by atoms with Crippen LogP contribution < -0.4 is 10.6 Å². The second-order valence-corrected chi connectivity index (χ2v) is 7.00. The molecule has 0 aliphatic carbocycles. The van der Waals surface area contributed by atoms with Crippen LogP contribution in [0.5, 0.6) is 0 Å². The second-order valence-electron chi connectivity index (χ2n) is 4.61. The Morgan fingerprint density at radius 1 is 1.28 bits per heavy atom. The number of rotatable bonds is 6. The maximum Gasteiger partial charge on any atom is 0.316 e. The SMILES string of the molecule is C#CC(NC(=O)NC(C)CS(=O)(=O)CC)C(C)C. The van der Waals surface area contributed by atoms with Crippen molar-refractivity contribution < 1.29 is 13.2 Å². The van der Waals surface area contributed by atoms with Crippen molar-refractivity contribution in [1.29, 1.82) is 0 Å². The minimum absolute atomic E-state index is 0.0691. The zero-order valence-corrected chi connectivity index (χ0v) is 12.2. The molecule has 18 heavy (non-hydrogen) atoms. The van der Waals surface area contributed by atoms with Crippen molar-refractivity contribution in [2.75, 3.05) is 11.5 Å². The van der Waals surface area contributed by atoms with Crippen LogP contribution in [0.2, 0.25) is 0 Å². The summed E-state index contributed by atoms with van der Waals surface area (Å²) in [6.45, 7) is 7.02. The largest absolute Gasteiger partial charge is 0.335 e. The molecule has 6 heteroatoms. The molecule has 0 bridgehead atoms. The first-order valence-electron chi connectivity index (χ1n) is 5.95. The lowest BCUT2D eigenvalue weighted by Crippen LogP contribution is -2.48. The van der Waals surface area contributed by atoms with Gasteiger partial charge in [0.1, 0.15) is 0 Å². The first-order chi connectivity index (χ1) is 8.21. The summed E-state index contributed by atoms with van der Waals surface area (Å²) in [6, 6.07) is -1.24. The van der Waals surface area contributed by atoms with Crippen LogP contribution in [0.15, 0.2) is 0 Å². The molecule has 0 rings (SSSR count). The third kappa shape index (κ3) is 6.50. The number of carbonyl (C=O) groups is 1. The first kappa shape index (κ1) is 16.8. The van der Waals surface area contributed by atoms with Crippen molar-refractivity contribution in [1.82, 2.24) is 10.6 Å². The summed E-state index contributed by atoms with van der Waals surface area (Å²) < 4.78 is 22.7. The Morgan fingerprint density at radius 3 is 2.22 bits per heavy atom. The number of sulfone groups is 1. The fraction of sp³-hybridized carbons (Fsp3) is 0.750. The Labute approximate surface area is 110 Å². The second kappa shape index (κ2) is 7.27. The molecule has 0 radical (unpaired) electrons. The zero-order valence-electron chi connectivity index (χ0n) is 11.4. The van der Waals surface area contributed by atoms with Gasteiger partial charge in [-0.05, 0) is 12.8 Å². The molecule has 2 N–H and O–H groups in total. The van der Waals surface area contributed by atoms with Gasteiger partial charge >= 0.3 is 6.03 Å². The monoisotopic (exact) mass is 274 g/mol. The lowest BCUT2D eigenvalue weighted by Gasteiger charge is -2.19. The van der Waals surface area contributed by atoms with Gasteiger partial charge in [0.25, 0.3) is 0 Å². The van der Waals surface area contributed by atoms with Gasteiger partial charge in [-0.2, -0.15) is 0 Å². The molecule has 104 valence electrons. The van der Waals surface area contributed by atoms with Gasteiger partial charge in [0.05, 0.1) is 11.8 Å². The number of amides is 2. The fourth-order valence-corrected chi connectivity index (χ4v) is 2.43. The van der Waals surface area contributed by atoms with Gasteiger partial charge in [-0.25, -0.2) is 13.2 Å². The predicted molar refractivity (Wildman–Crippen MR) is 72.9 cm³/mol. The number of carbonyl (C=O) groups excluding carboxylic acids is 1. The fourth-order valence-electron chi connectivity index (χ4n) is 1.35. The molecule has 0 saturated heterocycles. The highest BCUT2D eigenvalue weighted by Crippen LogP contribution is 2.00. The lowest BCUT2D eigenvalue weighted by molar-refractivity contribution is 0.234. The molecule has 0 aliphatic heterocycles. The average Bonchev–Trinajstić information content (AvgIpc) is 2.24. The van der Waals surface area contributed by atoms with Crippen LogP contribution >= 0.6 is 0 Å². The Morgan fingerprint density at radius 2 is 1.83 bits per heavy atom. The molecule has 0 aromatic carbocycles. The molecule has 0 aromatic rings. The number of terminal acetylenes is 1. The van der Waals surface area contributed by atoms with Gasteiger partial charge < -0.3 is 10.6 Å². The van der Waals surface area contributed by atoms with E-state index in [1.807, 2.05) is 13.8 Å². The summed E-state index contributed by atoms with van der Waals surface area (Å²) in [4.78, 5) is 11.6. The summed E-state index contributed by atoms with van der Waals surface area (Å²) >= 11 is 0. The van der Waals surface area contributed by atoms with Gasteiger partial charge in [-0.15, -0.1) is 6.42 Å². The number of nitrogens with one attached hydrogen (secondary N) is 2. The van der Waals surface area contributed by atoms with Gasteiger partial charge in [-0.1, -0.05) is 26.7 Å². The van der Waals surface area contributed by atoms with E-state index in [-0.39, 0.29) is 23.5 Å². The minimum atomic E-state index is -3.10. The van der Waals surface area contributed by atoms with E-state index in [2.05, 4.69) is 16.6 Å². The van der Waals surface area contributed by atoms with Crippen LogP contribution in [-0.2, 0) is 9.84 Å². The van der Waals surface area contributed by atoms with Gasteiger partial charge in [0.15, 0.2) is 9.84 Å². The molecule has 5 nitrogen and oxygen atoms in total. The molecule has 0 spiro atoms. The average molecular weight is 274 g/mol. The number of hydrogen-bond acceptors (Lipinski definition) is 3. The van der Waals surface area contributed by atoms with Crippen LogP contribution in [0.3, 0.4) is 0 Å². The van der Waals surface area contributed by atoms with E-state index < -0.39 is 21.9 Å². The maximum absolute atomic E-state index is 11.6. The Bertz CT molecular complexity index is 410. The van der Waals surface area contributed by atoms with Gasteiger partial charge in [-0.3, -0.25) is 0 Å². The van der Waals surface area contributed by atoms with E-state index >= 15 is 0 Å². The van der Waals surface area contributed by atoms with Crippen molar-refractivity contribution in [3.05, 3.63) is 0 Å². The quantitative estimate of drug-likeness (QED) is 0.702. The molecular weight excluding hydrogens is 252 g/mol. The highest BCUT2D eigenvalue weighted by atomic mass is 32.2. The zero-order chi connectivity index (χ0) is 14.3. The van der Waals surface area contributed by atoms with Crippen molar-refractivity contribution >= 4 is 15.9 Å². The van der Waals surface area contributed by atoms with E-state index in [4.69, 9.17) is 6.42 Å². The maximum atomic E-state index is 11.6. The Kier molecular flexibility index (Phi) is 6.77. The van der Waals surface area contributed by atoms with Crippen molar-refractivity contribution in [2.45, 2.75) is 39.8 Å².